The Morgan fingerprint density at radius 1 is 1.16 bits per heavy atom. The van der Waals surface area contributed by atoms with Gasteiger partial charge in [-0.15, -0.1) is 0 Å². The molecule has 6 nitrogen and oxygen atoms in total. The van der Waals surface area contributed by atoms with Gasteiger partial charge in [-0.25, -0.2) is 0 Å². The van der Waals surface area contributed by atoms with Crippen LogP contribution in [0.4, 0.5) is 0 Å². The standard InChI is InChI=1S/C19H25N3O3/c1-19(2,3)18-20-17(25-21-18)12-22-8-4-5-14(22)13-6-7-15-16(11-13)24-10-9-23-15/h6-7,11,14H,4-5,8-10,12H2,1-3H3/t14-/m1/s1. The minimum atomic E-state index is -0.0952. The molecule has 1 aromatic heterocycles. The summed E-state index contributed by atoms with van der Waals surface area (Å²) in [6, 6.07) is 6.63. The van der Waals surface area contributed by atoms with Crippen molar-refractivity contribution in [2.75, 3.05) is 19.8 Å². The van der Waals surface area contributed by atoms with Gasteiger partial charge in [0.15, 0.2) is 17.3 Å². The van der Waals surface area contributed by atoms with E-state index in [-0.39, 0.29) is 5.41 Å². The summed E-state index contributed by atoms with van der Waals surface area (Å²) in [5, 5.41) is 4.14. The van der Waals surface area contributed by atoms with Gasteiger partial charge in [0.25, 0.3) is 0 Å². The fraction of sp³-hybridized carbons (Fsp3) is 0.579. The number of nitrogens with zero attached hydrogens (tertiary/aromatic N) is 3. The highest BCUT2D eigenvalue weighted by atomic mass is 16.6. The van der Waals surface area contributed by atoms with Crippen LogP contribution in [0.15, 0.2) is 22.7 Å². The Morgan fingerprint density at radius 3 is 2.72 bits per heavy atom. The molecule has 2 aliphatic rings. The van der Waals surface area contributed by atoms with Crippen molar-refractivity contribution in [2.24, 2.45) is 0 Å². The molecular weight excluding hydrogens is 318 g/mol. The van der Waals surface area contributed by atoms with Crippen molar-refractivity contribution in [3.63, 3.8) is 0 Å². The number of aromatic nitrogens is 2. The lowest BCUT2D eigenvalue weighted by molar-refractivity contribution is 0.170. The summed E-state index contributed by atoms with van der Waals surface area (Å²) in [4.78, 5) is 6.99. The van der Waals surface area contributed by atoms with Crippen molar-refractivity contribution in [1.29, 1.82) is 0 Å². The van der Waals surface area contributed by atoms with Gasteiger partial charge >= 0.3 is 0 Å². The van der Waals surface area contributed by atoms with Gasteiger partial charge in [0.05, 0.1) is 6.54 Å². The molecule has 0 amide bonds. The van der Waals surface area contributed by atoms with Gasteiger partial charge in [-0.2, -0.15) is 4.98 Å². The summed E-state index contributed by atoms with van der Waals surface area (Å²) >= 11 is 0. The third-order valence-corrected chi connectivity index (χ3v) is 4.79. The maximum absolute atomic E-state index is 5.73. The van der Waals surface area contributed by atoms with Gasteiger partial charge in [-0.05, 0) is 37.1 Å². The maximum Gasteiger partial charge on any atom is 0.240 e. The lowest BCUT2D eigenvalue weighted by atomic mass is 9.96. The first-order chi connectivity index (χ1) is 12.0. The number of likely N-dealkylation sites (tertiary alicyclic amines) is 1. The third kappa shape index (κ3) is 3.35. The lowest BCUT2D eigenvalue weighted by Gasteiger charge is -2.25. The van der Waals surface area contributed by atoms with Crippen LogP contribution in [0.1, 0.15) is 56.9 Å². The zero-order chi connectivity index (χ0) is 17.4. The monoisotopic (exact) mass is 343 g/mol. The fourth-order valence-corrected chi connectivity index (χ4v) is 3.46. The van der Waals surface area contributed by atoms with Crippen LogP contribution in [0.3, 0.4) is 0 Å². The predicted octanol–water partition coefficient (Wildman–Crippen LogP) is 3.48. The number of hydrogen-bond donors (Lipinski definition) is 0. The molecule has 2 aromatic rings. The third-order valence-electron chi connectivity index (χ3n) is 4.79. The summed E-state index contributed by atoms with van der Waals surface area (Å²) in [7, 11) is 0. The Kier molecular flexibility index (Phi) is 4.15. The van der Waals surface area contributed by atoms with E-state index in [1.165, 1.54) is 12.0 Å². The highest BCUT2D eigenvalue weighted by molar-refractivity contribution is 5.44. The van der Waals surface area contributed by atoms with Crippen LogP contribution in [0.2, 0.25) is 0 Å². The van der Waals surface area contributed by atoms with Crippen molar-refractivity contribution in [2.45, 2.75) is 51.6 Å². The van der Waals surface area contributed by atoms with Crippen LogP contribution in [0.5, 0.6) is 11.5 Å². The summed E-state index contributed by atoms with van der Waals surface area (Å²) in [5.41, 5.74) is 1.17. The molecule has 4 rings (SSSR count). The molecule has 1 fully saturated rings. The number of benzene rings is 1. The predicted molar refractivity (Wildman–Crippen MR) is 92.8 cm³/mol. The smallest absolute Gasteiger partial charge is 0.240 e. The molecule has 0 radical (unpaired) electrons. The van der Waals surface area contributed by atoms with Gasteiger partial charge in [0.2, 0.25) is 5.89 Å². The van der Waals surface area contributed by atoms with Crippen molar-refractivity contribution in [3.05, 3.63) is 35.5 Å². The van der Waals surface area contributed by atoms with Crippen LogP contribution in [0.25, 0.3) is 0 Å². The van der Waals surface area contributed by atoms with Crippen molar-refractivity contribution < 1.29 is 14.0 Å². The second-order valence-corrected chi connectivity index (χ2v) is 7.79. The number of hydrogen-bond acceptors (Lipinski definition) is 6. The van der Waals surface area contributed by atoms with E-state index in [9.17, 15) is 0 Å². The zero-order valence-electron chi connectivity index (χ0n) is 15.1. The number of fused-ring (bicyclic) bond motifs is 1. The van der Waals surface area contributed by atoms with E-state index in [4.69, 9.17) is 14.0 Å². The van der Waals surface area contributed by atoms with Gasteiger partial charge in [0, 0.05) is 11.5 Å². The van der Waals surface area contributed by atoms with Gasteiger partial charge in [-0.1, -0.05) is 32.0 Å². The van der Waals surface area contributed by atoms with E-state index in [2.05, 4.69) is 47.9 Å². The summed E-state index contributed by atoms with van der Waals surface area (Å²) in [5.74, 6) is 3.14. The van der Waals surface area contributed by atoms with Gasteiger partial charge in [0.1, 0.15) is 13.2 Å². The highest BCUT2D eigenvalue weighted by Gasteiger charge is 2.29. The van der Waals surface area contributed by atoms with E-state index < -0.39 is 0 Å². The Hall–Kier alpha value is -2.08. The van der Waals surface area contributed by atoms with Gasteiger partial charge in [-0.3, -0.25) is 4.90 Å². The minimum Gasteiger partial charge on any atom is -0.486 e. The fourth-order valence-electron chi connectivity index (χ4n) is 3.46. The van der Waals surface area contributed by atoms with Crippen LogP contribution < -0.4 is 9.47 Å². The highest BCUT2D eigenvalue weighted by Crippen LogP contribution is 2.38. The van der Waals surface area contributed by atoms with E-state index in [0.717, 1.165) is 30.3 Å². The molecule has 0 spiro atoms. The van der Waals surface area contributed by atoms with E-state index in [1.807, 2.05) is 6.07 Å². The summed E-state index contributed by atoms with van der Waals surface area (Å²) in [6.07, 6.45) is 2.29. The second-order valence-electron chi connectivity index (χ2n) is 7.79. The molecule has 134 valence electrons. The van der Waals surface area contributed by atoms with Crippen molar-refractivity contribution >= 4 is 0 Å². The van der Waals surface area contributed by atoms with E-state index >= 15 is 0 Å². The van der Waals surface area contributed by atoms with Crippen LogP contribution in [-0.2, 0) is 12.0 Å². The molecule has 25 heavy (non-hydrogen) atoms. The molecule has 6 heteroatoms. The molecule has 0 bridgehead atoms. The molecule has 0 unspecified atom stereocenters. The normalized spacial score (nSPS) is 20.8. The molecule has 1 aromatic carbocycles. The average Bonchev–Trinajstić information content (AvgIpc) is 3.24. The first kappa shape index (κ1) is 16.4. The van der Waals surface area contributed by atoms with Crippen LogP contribution in [0, 0.1) is 0 Å². The SMILES string of the molecule is CC(C)(C)c1noc(CN2CCC[C@@H]2c2ccc3c(c2)OCCO3)n1. The zero-order valence-corrected chi connectivity index (χ0v) is 15.1. The van der Waals surface area contributed by atoms with Crippen LogP contribution in [-0.4, -0.2) is 34.8 Å². The molecule has 0 N–H and O–H groups in total. The molecule has 1 atom stereocenters. The van der Waals surface area contributed by atoms with Crippen LogP contribution >= 0.6 is 0 Å². The average molecular weight is 343 g/mol. The van der Waals surface area contributed by atoms with Crippen molar-refractivity contribution in [1.82, 2.24) is 15.0 Å². The molecule has 0 saturated carbocycles. The quantitative estimate of drug-likeness (QED) is 0.850. The topological polar surface area (TPSA) is 60.6 Å². The second kappa shape index (κ2) is 6.33. The van der Waals surface area contributed by atoms with E-state index in [1.54, 1.807) is 0 Å². The maximum atomic E-state index is 5.73. The Labute approximate surface area is 148 Å². The minimum absolute atomic E-state index is 0.0952. The molecule has 1 saturated heterocycles. The molecular formula is C19H25N3O3. The van der Waals surface area contributed by atoms with Gasteiger partial charge < -0.3 is 14.0 Å². The molecule has 2 aliphatic heterocycles. The lowest BCUT2D eigenvalue weighted by Crippen LogP contribution is -2.23. The Balaban J connectivity index is 1.52. The Bertz CT molecular complexity index is 751. The molecule has 0 aliphatic carbocycles. The summed E-state index contributed by atoms with van der Waals surface area (Å²) in [6.45, 7) is 9.23. The molecule has 3 heterocycles. The van der Waals surface area contributed by atoms with Crippen molar-refractivity contribution in [3.8, 4) is 11.5 Å². The summed E-state index contributed by atoms with van der Waals surface area (Å²) < 4.78 is 16.8. The van der Waals surface area contributed by atoms with E-state index in [0.29, 0.717) is 31.7 Å². The number of rotatable bonds is 3. The Morgan fingerprint density at radius 2 is 1.96 bits per heavy atom. The number of ether oxygens (including phenoxy) is 2. The first-order valence-corrected chi connectivity index (χ1v) is 8.97. The first-order valence-electron chi connectivity index (χ1n) is 8.97. The largest absolute Gasteiger partial charge is 0.486 e.